The maximum absolute atomic E-state index is 11.3. The van der Waals surface area contributed by atoms with Crippen LogP contribution in [0.1, 0.15) is 21.5 Å². The van der Waals surface area contributed by atoms with Gasteiger partial charge in [-0.1, -0.05) is 29.4 Å². The van der Waals surface area contributed by atoms with Crippen molar-refractivity contribution in [3.8, 4) is 5.75 Å². The summed E-state index contributed by atoms with van der Waals surface area (Å²) in [5.41, 5.74) is 2.10. The van der Waals surface area contributed by atoms with Crippen LogP contribution in [-0.4, -0.2) is 24.5 Å². The van der Waals surface area contributed by atoms with Crippen molar-refractivity contribution < 1.29 is 19.5 Å². The van der Waals surface area contributed by atoms with E-state index < -0.39 is 0 Å². The number of oxime groups is 1. The Bertz CT molecular complexity index is 635. The molecule has 0 atom stereocenters. The molecule has 2 rings (SSSR count). The fourth-order valence-corrected chi connectivity index (χ4v) is 1.80. The molecule has 0 aliphatic rings. The Balaban J connectivity index is 2.05. The minimum Gasteiger partial charge on any atom is -0.488 e. The number of nitrogens with zero attached hydrogens (tertiary/aromatic N) is 1. The summed E-state index contributed by atoms with van der Waals surface area (Å²) in [5, 5.41) is 11.6. The second-order valence-electron chi connectivity index (χ2n) is 4.26. The van der Waals surface area contributed by atoms with Crippen molar-refractivity contribution in [2.45, 2.75) is 6.61 Å². The lowest BCUT2D eigenvalue weighted by Gasteiger charge is -2.09. The summed E-state index contributed by atoms with van der Waals surface area (Å²) in [6, 6.07) is 14.2. The third kappa shape index (κ3) is 3.82. The lowest BCUT2D eigenvalue weighted by atomic mass is 10.1. The van der Waals surface area contributed by atoms with Gasteiger partial charge >= 0.3 is 5.97 Å². The third-order valence-corrected chi connectivity index (χ3v) is 2.89. The van der Waals surface area contributed by atoms with Gasteiger partial charge < -0.3 is 14.7 Å². The van der Waals surface area contributed by atoms with Crippen molar-refractivity contribution in [3.05, 3.63) is 65.2 Å². The molecular formula is C16H15NO4. The maximum atomic E-state index is 11.3. The lowest BCUT2D eigenvalue weighted by Crippen LogP contribution is -2.02. The van der Waals surface area contributed by atoms with Gasteiger partial charge in [-0.2, -0.15) is 0 Å². The summed E-state index contributed by atoms with van der Waals surface area (Å²) in [4.78, 5) is 11.3. The zero-order valence-corrected chi connectivity index (χ0v) is 11.5. The van der Waals surface area contributed by atoms with E-state index in [2.05, 4.69) is 9.89 Å². The van der Waals surface area contributed by atoms with Crippen molar-refractivity contribution in [2.24, 2.45) is 5.16 Å². The first-order valence-electron chi connectivity index (χ1n) is 6.31. The molecule has 0 heterocycles. The molecule has 21 heavy (non-hydrogen) atoms. The van der Waals surface area contributed by atoms with Crippen LogP contribution in [-0.2, 0) is 11.3 Å². The number of rotatable bonds is 5. The minimum atomic E-state index is -0.369. The number of hydrogen-bond acceptors (Lipinski definition) is 5. The first-order valence-corrected chi connectivity index (χ1v) is 6.31. The SMILES string of the molecule is COC(=O)c1ccc(COc2ccccc2/C=N/O)cc1. The van der Waals surface area contributed by atoms with Crippen molar-refractivity contribution in [3.63, 3.8) is 0 Å². The molecule has 0 saturated carbocycles. The van der Waals surface area contributed by atoms with Gasteiger partial charge in [0, 0.05) is 5.56 Å². The standard InChI is InChI=1S/C16H15NO4/c1-20-16(18)13-8-6-12(7-9-13)11-21-15-5-3-2-4-14(15)10-17-19/h2-10,19H,11H2,1H3/b17-10+. The van der Waals surface area contributed by atoms with E-state index >= 15 is 0 Å². The third-order valence-electron chi connectivity index (χ3n) is 2.89. The largest absolute Gasteiger partial charge is 0.488 e. The molecule has 108 valence electrons. The van der Waals surface area contributed by atoms with E-state index in [9.17, 15) is 4.79 Å². The molecule has 0 radical (unpaired) electrons. The average molecular weight is 285 g/mol. The zero-order valence-electron chi connectivity index (χ0n) is 11.5. The van der Waals surface area contributed by atoms with Crippen molar-refractivity contribution in [1.29, 1.82) is 0 Å². The Kier molecular flexibility index (Phi) is 4.93. The van der Waals surface area contributed by atoms with Gasteiger partial charge in [-0.3, -0.25) is 0 Å². The Morgan fingerprint density at radius 1 is 1.19 bits per heavy atom. The van der Waals surface area contributed by atoms with Crippen LogP contribution in [0.5, 0.6) is 5.75 Å². The predicted octanol–water partition coefficient (Wildman–Crippen LogP) is 2.86. The normalized spacial score (nSPS) is 10.5. The topological polar surface area (TPSA) is 68.1 Å². The molecule has 0 amide bonds. The van der Waals surface area contributed by atoms with Gasteiger partial charge in [0.1, 0.15) is 12.4 Å². The predicted molar refractivity (Wildman–Crippen MR) is 77.9 cm³/mol. The molecule has 2 aromatic carbocycles. The summed E-state index contributed by atoms with van der Waals surface area (Å²) < 4.78 is 10.3. The smallest absolute Gasteiger partial charge is 0.337 e. The quantitative estimate of drug-likeness (QED) is 0.397. The van der Waals surface area contributed by atoms with E-state index in [4.69, 9.17) is 9.94 Å². The highest BCUT2D eigenvalue weighted by atomic mass is 16.5. The Labute approximate surface area is 122 Å². The molecule has 0 saturated heterocycles. The minimum absolute atomic E-state index is 0.345. The van der Waals surface area contributed by atoms with Crippen molar-refractivity contribution >= 4 is 12.2 Å². The molecule has 0 aliphatic heterocycles. The van der Waals surface area contributed by atoms with Crippen LogP contribution in [0.3, 0.4) is 0 Å². The van der Waals surface area contributed by atoms with E-state index in [1.807, 2.05) is 12.1 Å². The van der Waals surface area contributed by atoms with Crippen LogP contribution in [0, 0.1) is 0 Å². The van der Waals surface area contributed by atoms with Crippen molar-refractivity contribution in [2.75, 3.05) is 7.11 Å². The second-order valence-corrected chi connectivity index (χ2v) is 4.26. The van der Waals surface area contributed by atoms with E-state index in [1.54, 1.807) is 36.4 Å². The van der Waals surface area contributed by atoms with Crippen LogP contribution < -0.4 is 4.74 Å². The molecule has 0 aromatic heterocycles. The monoisotopic (exact) mass is 285 g/mol. The van der Waals surface area contributed by atoms with Gasteiger partial charge in [0.2, 0.25) is 0 Å². The molecule has 1 N–H and O–H groups in total. The first-order chi connectivity index (χ1) is 10.2. The highest BCUT2D eigenvalue weighted by Crippen LogP contribution is 2.18. The summed E-state index contributed by atoms with van der Waals surface area (Å²) in [5.74, 6) is 0.249. The summed E-state index contributed by atoms with van der Waals surface area (Å²) in [6.45, 7) is 0.345. The number of benzene rings is 2. The molecule has 0 bridgehead atoms. The fourth-order valence-electron chi connectivity index (χ4n) is 1.80. The van der Waals surface area contributed by atoms with Gasteiger partial charge in [-0.15, -0.1) is 0 Å². The van der Waals surface area contributed by atoms with Crippen LogP contribution in [0.15, 0.2) is 53.7 Å². The van der Waals surface area contributed by atoms with Gasteiger partial charge in [0.25, 0.3) is 0 Å². The molecule has 0 spiro atoms. The van der Waals surface area contributed by atoms with E-state index in [0.29, 0.717) is 23.5 Å². The maximum Gasteiger partial charge on any atom is 0.337 e. The molecule has 0 aliphatic carbocycles. The number of hydrogen-bond donors (Lipinski definition) is 1. The number of para-hydroxylation sites is 1. The number of methoxy groups -OCH3 is 1. The summed E-state index contributed by atoms with van der Waals surface area (Å²) >= 11 is 0. The molecule has 0 fully saturated rings. The number of carbonyl (C=O) groups is 1. The highest BCUT2D eigenvalue weighted by molar-refractivity contribution is 5.89. The first kappa shape index (κ1) is 14.6. The number of carbonyl (C=O) groups excluding carboxylic acids is 1. The number of ether oxygens (including phenoxy) is 2. The highest BCUT2D eigenvalue weighted by Gasteiger charge is 2.05. The molecule has 0 unspecified atom stereocenters. The zero-order chi connectivity index (χ0) is 15.1. The summed E-state index contributed by atoms with van der Waals surface area (Å²) in [6.07, 6.45) is 1.32. The van der Waals surface area contributed by atoms with Crippen LogP contribution >= 0.6 is 0 Å². The Hall–Kier alpha value is -2.82. The van der Waals surface area contributed by atoms with E-state index in [0.717, 1.165) is 5.56 Å². The second kappa shape index (κ2) is 7.09. The van der Waals surface area contributed by atoms with Crippen LogP contribution in [0.2, 0.25) is 0 Å². The van der Waals surface area contributed by atoms with Gasteiger partial charge in [0.15, 0.2) is 0 Å². The molecule has 5 heteroatoms. The van der Waals surface area contributed by atoms with Crippen LogP contribution in [0.25, 0.3) is 0 Å². The Morgan fingerprint density at radius 2 is 1.90 bits per heavy atom. The fraction of sp³-hybridized carbons (Fsp3) is 0.125. The molecular weight excluding hydrogens is 270 g/mol. The summed E-state index contributed by atoms with van der Waals surface area (Å²) in [7, 11) is 1.35. The number of esters is 1. The van der Waals surface area contributed by atoms with Gasteiger partial charge in [0.05, 0.1) is 18.9 Å². The van der Waals surface area contributed by atoms with Crippen molar-refractivity contribution in [1.82, 2.24) is 0 Å². The Morgan fingerprint density at radius 3 is 2.57 bits per heavy atom. The molecule has 5 nitrogen and oxygen atoms in total. The van der Waals surface area contributed by atoms with E-state index in [1.165, 1.54) is 13.3 Å². The average Bonchev–Trinajstić information content (AvgIpc) is 2.54. The molecule has 2 aromatic rings. The van der Waals surface area contributed by atoms with E-state index in [-0.39, 0.29) is 5.97 Å². The van der Waals surface area contributed by atoms with Gasteiger partial charge in [-0.25, -0.2) is 4.79 Å². The lowest BCUT2D eigenvalue weighted by molar-refractivity contribution is 0.0600. The van der Waals surface area contributed by atoms with Crippen LogP contribution in [0.4, 0.5) is 0 Å². The van der Waals surface area contributed by atoms with Gasteiger partial charge in [-0.05, 0) is 29.8 Å².